The first-order chi connectivity index (χ1) is 9.18. The van der Waals surface area contributed by atoms with Gasteiger partial charge in [0, 0.05) is 12.1 Å². The quantitative estimate of drug-likeness (QED) is 0.604. The molecular weight excluding hydrogens is 240 g/mol. The van der Waals surface area contributed by atoms with Crippen LogP contribution in [0.25, 0.3) is 17.4 Å². The second-order valence-corrected chi connectivity index (χ2v) is 4.56. The van der Waals surface area contributed by atoms with Gasteiger partial charge in [-0.25, -0.2) is 0 Å². The normalized spacial score (nSPS) is 10.9. The molecule has 3 heterocycles. The summed E-state index contributed by atoms with van der Waals surface area (Å²) in [5.41, 5.74) is 1.03. The van der Waals surface area contributed by atoms with Gasteiger partial charge >= 0.3 is 17.4 Å². The van der Waals surface area contributed by atoms with Gasteiger partial charge in [0.15, 0.2) is 6.26 Å². The molecule has 0 aliphatic rings. The summed E-state index contributed by atoms with van der Waals surface area (Å²) >= 11 is 0. The van der Waals surface area contributed by atoms with Crippen molar-refractivity contribution in [2.75, 3.05) is 0 Å². The van der Waals surface area contributed by atoms with Crippen LogP contribution in [0.5, 0.6) is 0 Å². The van der Waals surface area contributed by atoms with Crippen LogP contribution in [0.3, 0.4) is 0 Å². The van der Waals surface area contributed by atoms with Crippen LogP contribution in [-0.2, 0) is 21.1 Å². The Balaban J connectivity index is 2.21. The van der Waals surface area contributed by atoms with Gasteiger partial charge in [-0.2, -0.15) is 9.25 Å². The van der Waals surface area contributed by atoms with E-state index in [1.54, 1.807) is 6.26 Å². The van der Waals surface area contributed by atoms with Crippen LogP contribution in [0.1, 0.15) is 0 Å². The van der Waals surface area contributed by atoms with Crippen molar-refractivity contribution in [3.8, 4) is 17.4 Å². The van der Waals surface area contributed by atoms with Gasteiger partial charge in [0.1, 0.15) is 14.1 Å². The van der Waals surface area contributed by atoms with Crippen LogP contribution in [-0.4, -0.2) is 4.68 Å². The minimum Gasteiger partial charge on any atom is -0.402 e. The highest BCUT2D eigenvalue weighted by molar-refractivity contribution is 5.38. The van der Waals surface area contributed by atoms with Crippen molar-refractivity contribution in [3.63, 3.8) is 0 Å². The van der Waals surface area contributed by atoms with Crippen molar-refractivity contribution in [2.45, 2.75) is 0 Å². The molecule has 0 unspecified atom stereocenters. The molecule has 0 spiro atoms. The van der Waals surface area contributed by atoms with Crippen molar-refractivity contribution in [2.24, 2.45) is 21.1 Å². The van der Waals surface area contributed by atoms with Crippen molar-refractivity contribution >= 4 is 0 Å². The number of oxazole rings is 1. The van der Waals surface area contributed by atoms with Crippen LogP contribution < -0.4 is 13.8 Å². The number of hydrogen-bond acceptors (Lipinski definition) is 1. The first kappa shape index (κ1) is 11.6. The van der Waals surface area contributed by atoms with Crippen molar-refractivity contribution in [1.29, 1.82) is 0 Å². The van der Waals surface area contributed by atoms with E-state index in [2.05, 4.69) is 15.3 Å². The van der Waals surface area contributed by atoms with Crippen molar-refractivity contribution in [3.05, 3.63) is 49.1 Å². The van der Waals surface area contributed by atoms with Crippen molar-refractivity contribution in [1.82, 2.24) is 4.68 Å². The van der Waals surface area contributed by atoms with Crippen LogP contribution >= 0.6 is 0 Å². The molecule has 0 aromatic carbocycles. The second-order valence-electron chi connectivity index (χ2n) is 4.56. The molecular formula is C14H17N4O+3. The molecule has 0 fully saturated rings. The third-order valence-corrected chi connectivity index (χ3v) is 3.31. The number of nitrogens with zero attached hydrogens (tertiary/aromatic N) is 4. The van der Waals surface area contributed by atoms with E-state index in [1.165, 1.54) is 0 Å². The summed E-state index contributed by atoms with van der Waals surface area (Å²) in [6.45, 7) is 0. The lowest BCUT2D eigenvalue weighted by atomic mass is 10.3. The molecule has 0 bridgehead atoms. The van der Waals surface area contributed by atoms with Gasteiger partial charge in [-0.1, -0.05) is 0 Å². The molecule has 0 atom stereocenters. The Kier molecular flexibility index (Phi) is 2.67. The monoisotopic (exact) mass is 257 g/mol. The summed E-state index contributed by atoms with van der Waals surface area (Å²) in [6, 6.07) is 8.17. The Hall–Kier alpha value is -2.43. The molecule has 0 saturated carbocycles. The average Bonchev–Trinajstić information content (AvgIpc) is 2.99. The highest BCUT2D eigenvalue weighted by Gasteiger charge is 2.30. The lowest BCUT2D eigenvalue weighted by Crippen LogP contribution is -2.52. The predicted octanol–water partition coefficient (Wildman–Crippen LogP) is 0.211. The topological polar surface area (TPSA) is 29.7 Å². The third-order valence-electron chi connectivity index (χ3n) is 3.31. The SMILES string of the molecule is Cn1ccc[n+]1-c1cccc(-c2occ[n+]2C)[n+]1C. The Morgan fingerprint density at radius 2 is 1.95 bits per heavy atom. The van der Waals surface area contributed by atoms with E-state index in [1.807, 2.05) is 67.2 Å². The first-order valence-electron chi connectivity index (χ1n) is 6.14. The zero-order valence-corrected chi connectivity index (χ0v) is 11.3. The van der Waals surface area contributed by atoms with E-state index in [4.69, 9.17) is 4.42 Å². The zero-order chi connectivity index (χ0) is 13.4. The molecule has 0 aliphatic heterocycles. The van der Waals surface area contributed by atoms with E-state index in [0.717, 1.165) is 17.4 Å². The summed E-state index contributed by atoms with van der Waals surface area (Å²) in [6.07, 6.45) is 7.64. The van der Waals surface area contributed by atoms with Crippen LogP contribution in [0.4, 0.5) is 0 Å². The summed E-state index contributed by atoms with van der Waals surface area (Å²) in [5.74, 6) is 1.90. The molecule has 3 rings (SSSR count). The van der Waals surface area contributed by atoms with Crippen LogP contribution in [0, 0.1) is 0 Å². The van der Waals surface area contributed by atoms with Gasteiger partial charge in [-0.15, -0.1) is 4.57 Å². The maximum atomic E-state index is 5.56. The molecule has 0 saturated heterocycles. The molecule has 3 aromatic heterocycles. The fraction of sp³-hybridized carbons (Fsp3) is 0.214. The minimum absolute atomic E-state index is 0.833. The maximum Gasteiger partial charge on any atom is 0.473 e. The van der Waals surface area contributed by atoms with Crippen LogP contribution in [0.15, 0.2) is 53.5 Å². The molecule has 5 nitrogen and oxygen atoms in total. The highest BCUT2D eigenvalue weighted by atomic mass is 16.3. The molecule has 3 aromatic rings. The van der Waals surface area contributed by atoms with Crippen molar-refractivity contribution < 1.29 is 18.2 Å². The number of hydrogen-bond donors (Lipinski definition) is 0. The Morgan fingerprint density at radius 1 is 1.11 bits per heavy atom. The van der Waals surface area contributed by atoms with Gasteiger partial charge in [-0.3, -0.25) is 0 Å². The average molecular weight is 257 g/mol. The van der Waals surface area contributed by atoms with E-state index in [9.17, 15) is 0 Å². The van der Waals surface area contributed by atoms with E-state index in [-0.39, 0.29) is 0 Å². The van der Waals surface area contributed by atoms with Gasteiger partial charge in [0.05, 0.1) is 19.3 Å². The fourth-order valence-corrected chi connectivity index (χ4v) is 2.25. The molecule has 19 heavy (non-hydrogen) atoms. The molecule has 0 amide bonds. The van der Waals surface area contributed by atoms with Gasteiger partial charge in [0.25, 0.3) is 0 Å². The lowest BCUT2D eigenvalue weighted by molar-refractivity contribution is -0.811. The molecule has 5 heteroatoms. The fourth-order valence-electron chi connectivity index (χ4n) is 2.25. The Labute approximate surface area is 111 Å². The number of rotatable bonds is 2. The largest absolute Gasteiger partial charge is 0.473 e. The lowest BCUT2D eigenvalue weighted by Gasteiger charge is -1.97. The van der Waals surface area contributed by atoms with Crippen LogP contribution in [0.2, 0.25) is 0 Å². The second kappa shape index (κ2) is 4.35. The predicted molar refractivity (Wildman–Crippen MR) is 67.0 cm³/mol. The standard InChI is InChI=1S/C14H17N4O/c1-15-10-11-19-14(15)12-6-4-7-13(17(12)3)18-9-5-8-16(18)2/h4-11H,1-3H3/q+3. The summed E-state index contributed by atoms with van der Waals surface area (Å²) in [4.78, 5) is 0. The molecule has 0 radical (unpaired) electrons. The third kappa shape index (κ3) is 1.83. The minimum atomic E-state index is 0.833. The Bertz CT molecular complexity index is 668. The van der Waals surface area contributed by atoms with E-state index >= 15 is 0 Å². The van der Waals surface area contributed by atoms with E-state index < -0.39 is 0 Å². The molecule has 0 aliphatic carbocycles. The zero-order valence-electron chi connectivity index (χ0n) is 11.3. The summed E-state index contributed by atoms with van der Waals surface area (Å²) < 4.78 is 13.7. The smallest absolute Gasteiger partial charge is 0.402 e. The van der Waals surface area contributed by atoms with Gasteiger partial charge in [-0.05, 0) is 10.7 Å². The highest BCUT2D eigenvalue weighted by Crippen LogP contribution is 2.10. The number of aromatic nitrogens is 4. The van der Waals surface area contributed by atoms with E-state index in [0.29, 0.717) is 0 Å². The van der Waals surface area contributed by atoms with Gasteiger partial charge in [0.2, 0.25) is 12.4 Å². The van der Waals surface area contributed by atoms with Gasteiger partial charge < -0.3 is 4.42 Å². The molecule has 0 N–H and O–H groups in total. The first-order valence-corrected chi connectivity index (χ1v) is 6.14. The number of aryl methyl sites for hydroxylation is 2. The maximum absolute atomic E-state index is 5.56. The summed E-state index contributed by atoms with van der Waals surface area (Å²) in [5, 5.41) is 0. The molecule has 96 valence electrons. The number of pyridine rings is 1. The summed E-state index contributed by atoms with van der Waals surface area (Å²) in [7, 11) is 6.02. The Morgan fingerprint density at radius 3 is 2.58 bits per heavy atom.